The quantitative estimate of drug-likeness (QED) is 0.875. The van der Waals surface area contributed by atoms with Crippen molar-refractivity contribution in [1.29, 1.82) is 0 Å². The molecule has 0 bridgehead atoms. The Morgan fingerprint density at radius 3 is 2.62 bits per heavy atom. The summed E-state index contributed by atoms with van der Waals surface area (Å²) in [5.41, 5.74) is 0.677. The normalized spacial score (nSPS) is 25.3. The SMILES string of the molecule is CC1CCC(CCO)(NC(=O)OCc2ccccc2)CC1. The van der Waals surface area contributed by atoms with Crippen molar-refractivity contribution >= 4 is 6.09 Å². The number of ether oxygens (including phenoxy) is 1. The minimum absolute atomic E-state index is 0.0906. The van der Waals surface area contributed by atoms with E-state index in [0.717, 1.165) is 31.2 Å². The van der Waals surface area contributed by atoms with Gasteiger partial charge in [0.1, 0.15) is 6.61 Å². The number of alkyl carbamates (subject to hydrolysis) is 1. The predicted molar refractivity (Wildman–Crippen MR) is 81.8 cm³/mol. The van der Waals surface area contributed by atoms with Crippen LogP contribution in [0.1, 0.15) is 44.6 Å². The molecule has 0 saturated heterocycles. The average Bonchev–Trinajstić information content (AvgIpc) is 2.50. The summed E-state index contributed by atoms with van der Waals surface area (Å²) in [5.74, 6) is 0.693. The van der Waals surface area contributed by atoms with Gasteiger partial charge in [0, 0.05) is 12.1 Å². The van der Waals surface area contributed by atoms with Crippen molar-refractivity contribution < 1.29 is 14.6 Å². The Balaban J connectivity index is 1.86. The molecule has 0 radical (unpaired) electrons. The standard InChI is InChI=1S/C17H25NO3/c1-14-7-9-17(10-8-14,11-12-19)18-16(20)21-13-15-5-3-2-4-6-15/h2-6,14,19H,7-13H2,1H3,(H,18,20). The molecule has 0 heterocycles. The van der Waals surface area contributed by atoms with Gasteiger partial charge in [0.15, 0.2) is 0 Å². The molecule has 4 heteroatoms. The maximum Gasteiger partial charge on any atom is 0.407 e. The van der Waals surface area contributed by atoms with Crippen molar-refractivity contribution in [3.8, 4) is 0 Å². The Labute approximate surface area is 126 Å². The highest BCUT2D eigenvalue weighted by Crippen LogP contribution is 2.34. The number of hydrogen-bond donors (Lipinski definition) is 2. The molecular formula is C17H25NO3. The molecule has 0 aromatic heterocycles. The number of benzene rings is 1. The van der Waals surface area contributed by atoms with Crippen LogP contribution in [0.25, 0.3) is 0 Å². The molecule has 0 atom stereocenters. The minimum Gasteiger partial charge on any atom is -0.445 e. The van der Waals surface area contributed by atoms with Crippen LogP contribution in [0.15, 0.2) is 30.3 Å². The predicted octanol–water partition coefficient (Wildman–Crippen LogP) is 3.24. The van der Waals surface area contributed by atoms with Crippen LogP contribution in [0.3, 0.4) is 0 Å². The van der Waals surface area contributed by atoms with E-state index in [1.807, 2.05) is 30.3 Å². The largest absolute Gasteiger partial charge is 0.445 e. The third-order valence-electron chi connectivity index (χ3n) is 4.40. The van der Waals surface area contributed by atoms with Crippen molar-refractivity contribution in [1.82, 2.24) is 5.32 Å². The Morgan fingerprint density at radius 2 is 2.00 bits per heavy atom. The lowest BCUT2D eigenvalue weighted by Crippen LogP contribution is -2.51. The van der Waals surface area contributed by atoms with Gasteiger partial charge in [-0.1, -0.05) is 37.3 Å². The van der Waals surface area contributed by atoms with Crippen LogP contribution in [-0.4, -0.2) is 23.3 Å². The number of nitrogens with one attached hydrogen (secondary N) is 1. The molecule has 0 spiro atoms. The molecule has 1 aliphatic carbocycles. The van der Waals surface area contributed by atoms with Gasteiger partial charge in [0.2, 0.25) is 0 Å². The fourth-order valence-corrected chi connectivity index (χ4v) is 2.94. The van der Waals surface area contributed by atoms with E-state index in [-0.39, 0.29) is 24.8 Å². The first-order valence-corrected chi connectivity index (χ1v) is 7.73. The molecule has 1 fully saturated rings. The van der Waals surface area contributed by atoms with Crippen LogP contribution < -0.4 is 5.32 Å². The van der Waals surface area contributed by atoms with Crippen LogP contribution >= 0.6 is 0 Å². The molecule has 2 N–H and O–H groups in total. The van der Waals surface area contributed by atoms with Gasteiger partial charge in [0.25, 0.3) is 0 Å². The summed E-state index contributed by atoms with van der Waals surface area (Å²) >= 11 is 0. The maximum atomic E-state index is 12.0. The summed E-state index contributed by atoms with van der Waals surface area (Å²) in [6.45, 7) is 2.60. The maximum absolute atomic E-state index is 12.0. The van der Waals surface area contributed by atoms with Gasteiger partial charge in [-0.25, -0.2) is 4.79 Å². The Kier molecular flexibility index (Phi) is 5.62. The summed E-state index contributed by atoms with van der Waals surface area (Å²) < 4.78 is 5.30. The first-order valence-electron chi connectivity index (χ1n) is 7.73. The van der Waals surface area contributed by atoms with E-state index in [0.29, 0.717) is 12.3 Å². The van der Waals surface area contributed by atoms with Gasteiger partial charge in [-0.3, -0.25) is 0 Å². The van der Waals surface area contributed by atoms with Gasteiger partial charge in [-0.2, -0.15) is 0 Å². The average molecular weight is 291 g/mol. The molecule has 0 aliphatic heterocycles. The van der Waals surface area contributed by atoms with Gasteiger partial charge in [-0.15, -0.1) is 0 Å². The number of rotatable bonds is 5. The van der Waals surface area contributed by atoms with Crippen molar-refractivity contribution in [2.75, 3.05) is 6.61 Å². The van der Waals surface area contributed by atoms with E-state index in [4.69, 9.17) is 4.74 Å². The van der Waals surface area contributed by atoms with E-state index in [1.54, 1.807) is 0 Å². The smallest absolute Gasteiger partial charge is 0.407 e. The molecule has 1 aromatic rings. The van der Waals surface area contributed by atoms with Gasteiger partial charge in [0.05, 0.1) is 0 Å². The van der Waals surface area contributed by atoms with E-state index in [9.17, 15) is 9.90 Å². The minimum atomic E-state index is -0.387. The number of aliphatic hydroxyl groups excluding tert-OH is 1. The molecule has 1 saturated carbocycles. The summed E-state index contributed by atoms with van der Waals surface area (Å²) in [7, 11) is 0. The zero-order valence-electron chi connectivity index (χ0n) is 12.7. The number of hydrogen-bond acceptors (Lipinski definition) is 3. The number of amides is 1. The Hall–Kier alpha value is -1.55. The molecule has 1 aliphatic rings. The van der Waals surface area contributed by atoms with Crippen LogP contribution in [0, 0.1) is 5.92 Å². The second-order valence-corrected chi connectivity index (χ2v) is 6.12. The zero-order chi connectivity index (χ0) is 15.1. The van der Waals surface area contributed by atoms with Crippen LogP contribution in [0.4, 0.5) is 4.79 Å². The lowest BCUT2D eigenvalue weighted by atomic mass is 9.75. The Morgan fingerprint density at radius 1 is 1.33 bits per heavy atom. The number of carbonyl (C=O) groups is 1. The van der Waals surface area contributed by atoms with Gasteiger partial charge in [-0.05, 0) is 43.6 Å². The molecule has 1 aromatic carbocycles. The van der Waals surface area contributed by atoms with Gasteiger partial charge >= 0.3 is 6.09 Å². The van der Waals surface area contributed by atoms with Gasteiger partial charge < -0.3 is 15.2 Å². The van der Waals surface area contributed by atoms with Crippen molar-refractivity contribution in [3.63, 3.8) is 0 Å². The third kappa shape index (κ3) is 4.74. The summed E-state index contributed by atoms with van der Waals surface area (Å²) in [6.07, 6.45) is 4.20. The fourth-order valence-electron chi connectivity index (χ4n) is 2.94. The van der Waals surface area contributed by atoms with E-state index >= 15 is 0 Å². The monoisotopic (exact) mass is 291 g/mol. The second kappa shape index (κ2) is 7.46. The third-order valence-corrected chi connectivity index (χ3v) is 4.40. The highest BCUT2D eigenvalue weighted by atomic mass is 16.5. The molecule has 4 nitrogen and oxygen atoms in total. The summed E-state index contributed by atoms with van der Waals surface area (Å²) in [6, 6.07) is 9.64. The Bertz CT molecular complexity index is 439. The first-order chi connectivity index (χ1) is 10.1. The molecule has 2 rings (SSSR count). The topological polar surface area (TPSA) is 58.6 Å². The summed E-state index contributed by atoms with van der Waals surface area (Å²) in [5, 5.41) is 12.3. The molecular weight excluding hydrogens is 266 g/mol. The molecule has 0 unspecified atom stereocenters. The fraction of sp³-hybridized carbons (Fsp3) is 0.588. The zero-order valence-corrected chi connectivity index (χ0v) is 12.7. The highest BCUT2D eigenvalue weighted by Gasteiger charge is 2.35. The number of carbonyl (C=O) groups excluding carboxylic acids is 1. The lowest BCUT2D eigenvalue weighted by molar-refractivity contribution is 0.101. The molecule has 21 heavy (non-hydrogen) atoms. The van der Waals surface area contributed by atoms with Crippen LogP contribution in [-0.2, 0) is 11.3 Å². The highest BCUT2D eigenvalue weighted by molar-refractivity contribution is 5.68. The molecule has 1 amide bonds. The molecule has 116 valence electrons. The van der Waals surface area contributed by atoms with Crippen LogP contribution in [0.5, 0.6) is 0 Å². The summed E-state index contributed by atoms with van der Waals surface area (Å²) in [4.78, 5) is 12.0. The lowest BCUT2D eigenvalue weighted by Gasteiger charge is -2.39. The van der Waals surface area contributed by atoms with Crippen molar-refractivity contribution in [2.45, 2.75) is 51.2 Å². The van der Waals surface area contributed by atoms with Crippen molar-refractivity contribution in [3.05, 3.63) is 35.9 Å². The van der Waals surface area contributed by atoms with Crippen molar-refractivity contribution in [2.24, 2.45) is 5.92 Å². The van der Waals surface area contributed by atoms with E-state index < -0.39 is 0 Å². The first kappa shape index (κ1) is 15.8. The van der Waals surface area contributed by atoms with E-state index in [1.165, 1.54) is 0 Å². The van der Waals surface area contributed by atoms with E-state index in [2.05, 4.69) is 12.2 Å². The van der Waals surface area contributed by atoms with Crippen LogP contribution in [0.2, 0.25) is 0 Å². The number of aliphatic hydroxyl groups is 1. The second-order valence-electron chi connectivity index (χ2n) is 6.12.